The second-order valence-corrected chi connectivity index (χ2v) is 7.86. The number of nitrogens with one attached hydrogen (secondary N) is 1. The summed E-state index contributed by atoms with van der Waals surface area (Å²) in [5, 5.41) is 1.31. The minimum Gasteiger partial charge on any atom is -0.358 e. The minimum absolute atomic E-state index is 0.581. The van der Waals surface area contributed by atoms with Crippen LogP contribution in [-0.2, 0) is 0 Å². The van der Waals surface area contributed by atoms with Crippen LogP contribution in [0, 0.1) is 5.92 Å². The molecule has 0 aliphatic rings. The maximum atomic E-state index is 3.98. The maximum absolute atomic E-state index is 3.98. The van der Waals surface area contributed by atoms with E-state index >= 15 is 0 Å². The Kier molecular flexibility index (Phi) is 10.6. The molecule has 2 aromatic carbocycles. The third-order valence-corrected chi connectivity index (χ3v) is 5.27. The van der Waals surface area contributed by atoms with Crippen LogP contribution in [0.25, 0.3) is 10.9 Å². The number of aliphatic imine (C=N–C) groups is 1. The van der Waals surface area contributed by atoms with E-state index in [2.05, 4.69) is 80.8 Å². The highest BCUT2D eigenvalue weighted by Crippen LogP contribution is 2.29. The predicted octanol–water partition coefficient (Wildman–Crippen LogP) is 8.08. The van der Waals surface area contributed by atoms with Gasteiger partial charge in [-0.05, 0) is 48.2 Å². The SMILES string of the molecule is C=Nc1ccccc1SCC(C)C.CC.CC(C)c1cc2ccccc2[nH]1. The van der Waals surface area contributed by atoms with Gasteiger partial charge in [-0.1, -0.05) is 71.9 Å². The number of thioether (sulfide) groups is 1. The van der Waals surface area contributed by atoms with E-state index in [1.165, 1.54) is 21.5 Å². The van der Waals surface area contributed by atoms with Crippen LogP contribution in [0.3, 0.4) is 0 Å². The first-order valence-corrected chi connectivity index (χ1v) is 10.8. The normalized spacial score (nSPS) is 10.2. The molecule has 27 heavy (non-hydrogen) atoms. The Labute approximate surface area is 169 Å². The molecule has 1 heterocycles. The van der Waals surface area contributed by atoms with Gasteiger partial charge in [0.15, 0.2) is 0 Å². The smallest absolute Gasteiger partial charge is 0.0758 e. The van der Waals surface area contributed by atoms with E-state index in [0.29, 0.717) is 11.8 Å². The predicted molar refractivity (Wildman–Crippen MR) is 125 cm³/mol. The van der Waals surface area contributed by atoms with Crippen LogP contribution in [0.15, 0.2) is 64.5 Å². The van der Waals surface area contributed by atoms with Crippen LogP contribution in [0.5, 0.6) is 0 Å². The summed E-state index contributed by atoms with van der Waals surface area (Å²) in [4.78, 5) is 8.60. The number of aromatic nitrogens is 1. The molecule has 0 aliphatic carbocycles. The largest absolute Gasteiger partial charge is 0.358 e. The first kappa shape index (κ1) is 23.0. The monoisotopic (exact) mass is 382 g/mol. The summed E-state index contributed by atoms with van der Waals surface area (Å²) in [6.07, 6.45) is 0. The lowest BCUT2D eigenvalue weighted by atomic mass is 10.1. The Morgan fingerprint density at radius 1 is 0.963 bits per heavy atom. The Morgan fingerprint density at radius 2 is 1.59 bits per heavy atom. The van der Waals surface area contributed by atoms with Crippen molar-refractivity contribution >= 4 is 35.1 Å². The highest BCUT2D eigenvalue weighted by molar-refractivity contribution is 7.99. The number of benzene rings is 2. The number of fused-ring (bicyclic) bond motifs is 1. The molecule has 0 fully saturated rings. The number of aromatic amines is 1. The fourth-order valence-corrected chi connectivity index (χ4v) is 3.34. The molecule has 0 bridgehead atoms. The van der Waals surface area contributed by atoms with Gasteiger partial charge in [0.1, 0.15) is 0 Å². The zero-order valence-corrected chi connectivity index (χ0v) is 18.4. The molecule has 0 saturated carbocycles. The van der Waals surface area contributed by atoms with Crippen LogP contribution >= 0.6 is 11.8 Å². The van der Waals surface area contributed by atoms with E-state index in [4.69, 9.17) is 0 Å². The molecule has 0 saturated heterocycles. The van der Waals surface area contributed by atoms with Gasteiger partial charge in [-0.25, -0.2) is 0 Å². The van der Waals surface area contributed by atoms with Crippen LogP contribution < -0.4 is 0 Å². The average Bonchev–Trinajstić information content (AvgIpc) is 3.13. The van der Waals surface area contributed by atoms with Gasteiger partial charge >= 0.3 is 0 Å². The van der Waals surface area contributed by atoms with Crippen LogP contribution in [0.1, 0.15) is 53.2 Å². The minimum atomic E-state index is 0.581. The molecule has 146 valence electrons. The zero-order chi connectivity index (χ0) is 20.2. The van der Waals surface area contributed by atoms with Crippen molar-refractivity contribution in [1.82, 2.24) is 4.98 Å². The van der Waals surface area contributed by atoms with E-state index < -0.39 is 0 Å². The summed E-state index contributed by atoms with van der Waals surface area (Å²) in [6, 6.07) is 18.7. The van der Waals surface area contributed by atoms with E-state index in [0.717, 1.165) is 11.4 Å². The number of hydrogen-bond acceptors (Lipinski definition) is 2. The fourth-order valence-electron chi connectivity index (χ4n) is 2.37. The molecule has 0 amide bonds. The van der Waals surface area contributed by atoms with Crippen molar-refractivity contribution in [3.63, 3.8) is 0 Å². The number of H-pyrrole nitrogens is 1. The highest BCUT2D eigenvalue weighted by Gasteiger charge is 2.02. The first-order chi connectivity index (χ1) is 13.0. The van der Waals surface area contributed by atoms with Crippen molar-refractivity contribution in [2.75, 3.05) is 5.75 Å². The summed E-state index contributed by atoms with van der Waals surface area (Å²) in [5.74, 6) is 2.42. The summed E-state index contributed by atoms with van der Waals surface area (Å²) >= 11 is 1.85. The summed E-state index contributed by atoms with van der Waals surface area (Å²) in [5.41, 5.74) is 3.55. The van der Waals surface area contributed by atoms with Crippen molar-refractivity contribution in [2.24, 2.45) is 10.9 Å². The van der Waals surface area contributed by atoms with Gasteiger partial charge < -0.3 is 4.98 Å². The standard InChI is InChI=1S/C11H15NS.C11H13N.C2H6/c1-9(2)8-13-11-7-5-4-6-10(11)12-3;1-8(2)11-7-9-5-3-4-6-10(9)12-11;1-2/h4-7,9H,3,8H2,1-2H3;3-8,12H,1-2H3;1-2H3. The summed E-state index contributed by atoms with van der Waals surface area (Å²) in [7, 11) is 0. The molecular weight excluding hydrogens is 348 g/mol. The fraction of sp³-hybridized carbons (Fsp3) is 0.375. The molecule has 0 atom stereocenters. The molecule has 2 nitrogen and oxygen atoms in total. The Morgan fingerprint density at radius 3 is 2.19 bits per heavy atom. The summed E-state index contributed by atoms with van der Waals surface area (Å²) in [6.45, 7) is 16.4. The van der Waals surface area contributed by atoms with Crippen molar-refractivity contribution < 1.29 is 0 Å². The van der Waals surface area contributed by atoms with E-state index in [1.807, 2.05) is 43.8 Å². The lowest BCUT2D eigenvalue weighted by Gasteiger charge is -2.06. The molecule has 1 aromatic heterocycles. The first-order valence-electron chi connectivity index (χ1n) is 9.77. The number of nitrogens with zero attached hydrogens (tertiary/aromatic N) is 1. The molecule has 3 aromatic rings. The van der Waals surface area contributed by atoms with Gasteiger partial charge in [-0.15, -0.1) is 11.8 Å². The lowest BCUT2D eigenvalue weighted by molar-refractivity contribution is 0.750. The molecule has 0 unspecified atom stereocenters. The van der Waals surface area contributed by atoms with E-state index in [9.17, 15) is 0 Å². The topological polar surface area (TPSA) is 28.1 Å². The third kappa shape index (κ3) is 7.64. The summed E-state index contributed by atoms with van der Waals surface area (Å²) < 4.78 is 0. The van der Waals surface area contributed by atoms with Gasteiger partial charge in [-0.2, -0.15) is 0 Å². The van der Waals surface area contributed by atoms with Gasteiger partial charge in [0, 0.05) is 21.9 Å². The molecular formula is C24H34N2S. The van der Waals surface area contributed by atoms with Gasteiger partial charge in [0.25, 0.3) is 0 Å². The van der Waals surface area contributed by atoms with Gasteiger partial charge in [0.2, 0.25) is 0 Å². The zero-order valence-electron chi connectivity index (χ0n) is 17.6. The van der Waals surface area contributed by atoms with Crippen LogP contribution in [-0.4, -0.2) is 17.5 Å². The van der Waals surface area contributed by atoms with Crippen LogP contribution in [0.2, 0.25) is 0 Å². The molecule has 3 rings (SSSR count). The molecule has 0 aliphatic heterocycles. The lowest BCUT2D eigenvalue weighted by Crippen LogP contribution is -1.89. The Bertz CT molecular complexity index is 770. The van der Waals surface area contributed by atoms with Crippen molar-refractivity contribution in [3.05, 3.63) is 60.3 Å². The quantitative estimate of drug-likeness (QED) is 0.350. The van der Waals surface area contributed by atoms with E-state index in [1.54, 1.807) is 0 Å². The van der Waals surface area contributed by atoms with Crippen LogP contribution in [0.4, 0.5) is 5.69 Å². The Hall–Kier alpha value is -2.00. The number of hydrogen-bond donors (Lipinski definition) is 1. The van der Waals surface area contributed by atoms with Gasteiger partial charge in [0.05, 0.1) is 5.69 Å². The van der Waals surface area contributed by atoms with Crippen molar-refractivity contribution in [2.45, 2.75) is 52.4 Å². The average molecular weight is 383 g/mol. The molecule has 1 N–H and O–H groups in total. The Balaban J connectivity index is 0.000000248. The van der Waals surface area contributed by atoms with Crippen molar-refractivity contribution in [1.29, 1.82) is 0 Å². The second-order valence-electron chi connectivity index (χ2n) is 6.80. The molecule has 0 radical (unpaired) electrons. The third-order valence-electron chi connectivity index (χ3n) is 3.78. The molecule has 3 heteroatoms. The second kappa shape index (κ2) is 12.4. The number of rotatable bonds is 5. The van der Waals surface area contributed by atoms with Gasteiger partial charge in [-0.3, -0.25) is 4.99 Å². The maximum Gasteiger partial charge on any atom is 0.0758 e. The van der Waals surface area contributed by atoms with E-state index in [-0.39, 0.29) is 0 Å². The molecule has 0 spiro atoms. The number of para-hydroxylation sites is 2. The van der Waals surface area contributed by atoms with Crippen molar-refractivity contribution in [3.8, 4) is 0 Å². The highest BCUT2D eigenvalue weighted by atomic mass is 32.2.